The van der Waals surface area contributed by atoms with Crippen molar-refractivity contribution in [3.05, 3.63) is 83.2 Å². The Morgan fingerprint density at radius 2 is 2.08 bits per heavy atom. The SMILES string of the molecule is CN1C(=O)C(NC(=O)c2cc(Cc3cccnc3F)ccn2)COc2ccc(C#CC3(O)COC3)cc21. The Balaban J connectivity index is 1.29. The highest BCUT2D eigenvalue weighted by molar-refractivity contribution is 6.03. The molecular formula is C27H23FN4O5. The molecule has 10 heteroatoms. The van der Waals surface area contributed by atoms with Gasteiger partial charge >= 0.3 is 0 Å². The van der Waals surface area contributed by atoms with E-state index in [1.165, 1.54) is 17.3 Å². The number of aromatic nitrogens is 2. The number of halogens is 1. The van der Waals surface area contributed by atoms with E-state index in [2.05, 4.69) is 27.1 Å². The number of anilines is 1. The highest BCUT2D eigenvalue weighted by Gasteiger charge is 2.34. The Bertz CT molecular complexity index is 1430. The van der Waals surface area contributed by atoms with Gasteiger partial charge < -0.3 is 24.8 Å². The van der Waals surface area contributed by atoms with Crippen LogP contribution in [0.15, 0.2) is 54.9 Å². The van der Waals surface area contributed by atoms with Gasteiger partial charge in [-0.15, -0.1) is 0 Å². The number of fused-ring (bicyclic) bond motifs is 1. The second-order valence-corrected chi connectivity index (χ2v) is 8.87. The third kappa shape index (κ3) is 5.28. The lowest BCUT2D eigenvalue weighted by Crippen LogP contribution is -2.49. The molecule has 0 bridgehead atoms. The van der Waals surface area contributed by atoms with Gasteiger partial charge in [0.2, 0.25) is 5.95 Å². The molecule has 3 aromatic rings. The van der Waals surface area contributed by atoms with Gasteiger partial charge in [-0.05, 0) is 42.0 Å². The maximum absolute atomic E-state index is 13.9. The van der Waals surface area contributed by atoms with Crippen molar-refractivity contribution in [2.24, 2.45) is 0 Å². The zero-order valence-corrected chi connectivity index (χ0v) is 19.9. The summed E-state index contributed by atoms with van der Waals surface area (Å²) in [7, 11) is 1.58. The van der Waals surface area contributed by atoms with Crippen LogP contribution in [-0.2, 0) is 16.0 Å². The van der Waals surface area contributed by atoms with Gasteiger partial charge in [-0.2, -0.15) is 4.39 Å². The second kappa shape index (κ2) is 9.97. The van der Waals surface area contributed by atoms with Crippen LogP contribution in [-0.4, -0.2) is 65.4 Å². The first-order chi connectivity index (χ1) is 17.8. The first-order valence-corrected chi connectivity index (χ1v) is 11.5. The molecule has 0 spiro atoms. The number of amides is 2. The number of aliphatic hydroxyl groups is 1. The van der Waals surface area contributed by atoms with Crippen molar-refractivity contribution in [2.45, 2.75) is 18.1 Å². The molecule has 188 valence electrons. The van der Waals surface area contributed by atoms with Gasteiger partial charge in [0.05, 0.1) is 18.9 Å². The summed E-state index contributed by atoms with van der Waals surface area (Å²) in [5.41, 5.74) is 1.09. The number of likely N-dealkylation sites (N-methyl/N-ethyl adjacent to an activating group) is 1. The van der Waals surface area contributed by atoms with Gasteiger partial charge in [-0.3, -0.25) is 14.6 Å². The quantitative estimate of drug-likeness (QED) is 0.410. The molecule has 5 rings (SSSR count). The number of pyridine rings is 2. The standard InChI is InChI=1S/C27H23FN4O5/c1-32-22-13-17(6-8-27(35)15-36-16-27)4-5-23(22)37-14-21(26(32)34)31-25(33)20-12-18(7-10-29-20)11-19-3-2-9-30-24(19)28/h2-5,7,9-10,12-13,21,35H,11,14-16H2,1H3,(H,31,33). The zero-order valence-electron chi connectivity index (χ0n) is 19.9. The van der Waals surface area contributed by atoms with Crippen LogP contribution in [0.3, 0.4) is 0 Å². The van der Waals surface area contributed by atoms with Crippen molar-refractivity contribution in [3.8, 4) is 17.6 Å². The monoisotopic (exact) mass is 502 g/mol. The minimum absolute atomic E-state index is 0.0788. The summed E-state index contributed by atoms with van der Waals surface area (Å²) in [4.78, 5) is 35.3. The fraction of sp³-hybridized carbons (Fsp3) is 0.259. The van der Waals surface area contributed by atoms with E-state index >= 15 is 0 Å². The molecule has 1 fully saturated rings. The van der Waals surface area contributed by atoms with Crippen molar-refractivity contribution >= 4 is 17.5 Å². The van der Waals surface area contributed by atoms with Gasteiger partial charge in [0, 0.05) is 37.0 Å². The number of rotatable bonds is 4. The summed E-state index contributed by atoms with van der Waals surface area (Å²) in [5.74, 6) is 4.64. The van der Waals surface area contributed by atoms with E-state index < -0.39 is 23.5 Å². The molecule has 4 heterocycles. The highest BCUT2D eigenvalue weighted by atomic mass is 19.1. The van der Waals surface area contributed by atoms with Crippen molar-refractivity contribution < 1.29 is 28.6 Å². The zero-order chi connectivity index (χ0) is 26.0. The highest BCUT2D eigenvalue weighted by Crippen LogP contribution is 2.31. The van der Waals surface area contributed by atoms with Crippen LogP contribution in [0.5, 0.6) is 5.75 Å². The number of hydrogen-bond donors (Lipinski definition) is 2. The molecule has 0 radical (unpaired) electrons. The van der Waals surface area contributed by atoms with Crippen LogP contribution in [0.4, 0.5) is 10.1 Å². The number of ether oxygens (including phenoxy) is 2. The smallest absolute Gasteiger partial charge is 0.270 e. The molecule has 2 aromatic heterocycles. The summed E-state index contributed by atoms with van der Waals surface area (Å²) >= 11 is 0. The Morgan fingerprint density at radius 3 is 2.84 bits per heavy atom. The molecule has 0 saturated carbocycles. The molecule has 2 amide bonds. The number of benzene rings is 1. The maximum atomic E-state index is 13.9. The van der Waals surface area contributed by atoms with Crippen LogP contribution in [0.1, 0.15) is 27.2 Å². The second-order valence-electron chi connectivity index (χ2n) is 8.87. The lowest BCUT2D eigenvalue weighted by atomic mass is 10.0. The summed E-state index contributed by atoms with van der Waals surface area (Å²) in [6, 6.07) is 10.6. The molecule has 37 heavy (non-hydrogen) atoms. The predicted octanol–water partition coefficient (Wildman–Crippen LogP) is 1.47. The minimum Gasteiger partial charge on any atom is -0.489 e. The largest absolute Gasteiger partial charge is 0.489 e. The fourth-order valence-electron chi connectivity index (χ4n) is 3.95. The van der Waals surface area contributed by atoms with Crippen molar-refractivity contribution in [2.75, 3.05) is 31.8 Å². The van der Waals surface area contributed by atoms with Crippen molar-refractivity contribution in [3.63, 3.8) is 0 Å². The number of nitrogens with one attached hydrogen (secondary N) is 1. The van der Waals surface area contributed by atoms with Crippen LogP contribution < -0.4 is 15.0 Å². The van der Waals surface area contributed by atoms with E-state index in [0.29, 0.717) is 28.1 Å². The first-order valence-electron chi connectivity index (χ1n) is 11.5. The van der Waals surface area contributed by atoms with Gasteiger partial charge in [-0.1, -0.05) is 17.9 Å². The van der Waals surface area contributed by atoms with Gasteiger partial charge in [0.15, 0.2) is 5.60 Å². The van der Waals surface area contributed by atoms with E-state index in [1.54, 1.807) is 49.5 Å². The van der Waals surface area contributed by atoms with E-state index in [9.17, 15) is 19.1 Å². The Morgan fingerprint density at radius 1 is 1.24 bits per heavy atom. The van der Waals surface area contributed by atoms with Gasteiger partial charge in [0.25, 0.3) is 11.8 Å². The third-order valence-corrected chi connectivity index (χ3v) is 6.07. The Hall–Kier alpha value is -4.33. The summed E-state index contributed by atoms with van der Waals surface area (Å²) in [5, 5.41) is 12.8. The van der Waals surface area contributed by atoms with Gasteiger partial charge in [0.1, 0.15) is 24.1 Å². The van der Waals surface area contributed by atoms with Crippen LogP contribution in [0.2, 0.25) is 0 Å². The molecule has 1 saturated heterocycles. The van der Waals surface area contributed by atoms with Crippen molar-refractivity contribution in [1.82, 2.24) is 15.3 Å². The molecule has 9 nitrogen and oxygen atoms in total. The average molecular weight is 503 g/mol. The third-order valence-electron chi connectivity index (χ3n) is 6.07. The number of carbonyl (C=O) groups excluding carboxylic acids is 2. The molecule has 1 aromatic carbocycles. The summed E-state index contributed by atoms with van der Waals surface area (Å²) in [6.45, 7) is 0.239. The molecule has 2 aliphatic heterocycles. The Labute approximate surface area is 212 Å². The van der Waals surface area contributed by atoms with Crippen LogP contribution in [0.25, 0.3) is 0 Å². The van der Waals surface area contributed by atoms with E-state index in [4.69, 9.17) is 9.47 Å². The van der Waals surface area contributed by atoms with Crippen LogP contribution >= 0.6 is 0 Å². The van der Waals surface area contributed by atoms with Gasteiger partial charge in [-0.25, -0.2) is 4.98 Å². The predicted molar refractivity (Wildman–Crippen MR) is 130 cm³/mol. The molecule has 0 aliphatic carbocycles. The minimum atomic E-state index is -1.15. The molecular weight excluding hydrogens is 479 g/mol. The summed E-state index contributed by atoms with van der Waals surface area (Å²) in [6.07, 6.45) is 3.07. The lowest BCUT2D eigenvalue weighted by Gasteiger charge is -2.30. The topological polar surface area (TPSA) is 114 Å². The molecule has 2 N–H and O–H groups in total. The maximum Gasteiger partial charge on any atom is 0.270 e. The molecule has 1 unspecified atom stereocenters. The number of carbonyl (C=O) groups is 2. The lowest BCUT2D eigenvalue weighted by molar-refractivity contribution is -0.140. The van der Waals surface area contributed by atoms with E-state index in [-0.39, 0.29) is 37.8 Å². The van der Waals surface area contributed by atoms with Crippen LogP contribution in [0, 0.1) is 17.8 Å². The molecule has 2 aliphatic rings. The number of nitrogens with zero attached hydrogens (tertiary/aromatic N) is 3. The Kier molecular flexibility index (Phi) is 6.56. The fourth-order valence-corrected chi connectivity index (χ4v) is 3.95. The average Bonchev–Trinajstić information content (AvgIpc) is 3.00. The normalized spacial score (nSPS) is 17.9. The number of hydrogen-bond acceptors (Lipinski definition) is 7. The summed E-state index contributed by atoms with van der Waals surface area (Å²) < 4.78 is 24.7. The van der Waals surface area contributed by atoms with E-state index in [0.717, 1.165) is 0 Å². The van der Waals surface area contributed by atoms with E-state index in [1.807, 2.05) is 0 Å². The molecule has 1 atom stereocenters. The first kappa shape index (κ1) is 24.4. The van der Waals surface area contributed by atoms with Crippen molar-refractivity contribution in [1.29, 1.82) is 0 Å².